The van der Waals surface area contributed by atoms with Crippen molar-refractivity contribution in [3.63, 3.8) is 0 Å². The van der Waals surface area contributed by atoms with E-state index in [0.717, 1.165) is 5.92 Å². The maximum absolute atomic E-state index is 3.81. The van der Waals surface area contributed by atoms with E-state index in [1.54, 1.807) is 0 Å². The summed E-state index contributed by atoms with van der Waals surface area (Å²) in [5, 5.41) is 5.98. The Labute approximate surface area is 139 Å². The van der Waals surface area contributed by atoms with E-state index in [-0.39, 0.29) is 0 Å². The van der Waals surface area contributed by atoms with E-state index >= 15 is 0 Å². The fourth-order valence-corrected chi connectivity index (χ4v) is 4.77. The quantitative estimate of drug-likeness (QED) is 0.714. The van der Waals surface area contributed by atoms with Crippen molar-refractivity contribution in [2.45, 2.75) is 50.6 Å². The van der Waals surface area contributed by atoms with Crippen LogP contribution >= 0.6 is 27.3 Å². The first-order valence-electron chi connectivity index (χ1n) is 7.77. The second-order valence-corrected chi connectivity index (χ2v) is 7.87. The Morgan fingerprint density at radius 2 is 1.86 bits per heavy atom. The molecule has 0 radical (unpaired) electrons. The third kappa shape index (κ3) is 3.97. The largest absolute Gasteiger partial charge is 0.307 e. The van der Waals surface area contributed by atoms with Crippen LogP contribution in [-0.4, -0.2) is 6.04 Å². The van der Waals surface area contributed by atoms with Gasteiger partial charge in [-0.25, -0.2) is 0 Å². The molecule has 0 spiro atoms. The van der Waals surface area contributed by atoms with Gasteiger partial charge in [-0.3, -0.25) is 0 Å². The number of thiophene rings is 1. The fraction of sp³-hybridized carbons (Fsp3) is 0.444. The lowest BCUT2D eigenvalue weighted by atomic mass is 9.81. The van der Waals surface area contributed by atoms with Crippen LogP contribution < -0.4 is 5.32 Å². The van der Waals surface area contributed by atoms with E-state index in [1.807, 2.05) is 11.3 Å². The lowest BCUT2D eigenvalue weighted by molar-refractivity contribution is 0.323. The molecule has 112 valence electrons. The Balaban J connectivity index is 1.52. The highest BCUT2D eigenvalue weighted by Crippen LogP contribution is 2.34. The summed E-state index contributed by atoms with van der Waals surface area (Å²) in [6, 6.07) is 14.4. The number of hydrogen-bond donors (Lipinski definition) is 1. The maximum Gasteiger partial charge on any atom is 0.0388 e. The van der Waals surface area contributed by atoms with Gasteiger partial charge in [-0.15, -0.1) is 11.3 Å². The smallest absolute Gasteiger partial charge is 0.0388 e. The van der Waals surface area contributed by atoms with Crippen molar-refractivity contribution in [1.29, 1.82) is 0 Å². The molecule has 1 atom stereocenters. The van der Waals surface area contributed by atoms with Gasteiger partial charge >= 0.3 is 0 Å². The number of hydrogen-bond acceptors (Lipinski definition) is 2. The first-order chi connectivity index (χ1) is 10.2. The van der Waals surface area contributed by atoms with Crippen molar-refractivity contribution >= 4 is 27.3 Å². The highest BCUT2D eigenvalue weighted by atomic mass is 79.9. The normalized spacial score (nSPS) is 23.9. The minimum Gasteiger partial charge on any atom is -0.307 e. The van der Waals surface area contributed by atoms with Gasteiger partial charge in [-0.05, 0) is 66.1 Å². The Morgan fingerprint density at radius 3 is 2.48 bits per heavy atom. The maximum atomic E-state index is 3.81. The minimum absolute atomic E-state index is 0.458. The van der Waals surface area contributed by atoms with Crippen LogP contribution in [0.2, 0.25) is 0 Å². The van der Waals surface area contributed by atoms with Crippen molar-refractivity contribution in [3.8, 4) is 0 Å². The van der Waals surface area contributed by atoms with E-state index in [9.17, 15) is 0 Å². The van der Waals surface area contributed by atoms with Crippen LogP contribution in [0.4, 0.5) is 0 Å². The molecule has 1 unspecified atom stereocenters. The molecule has 0 bridgehead atoms. The number of rotatable bonds is 4. The molecule has 3 rings (SSSR count). The predicted octanol–water partition coefficient (Wildman–Crippen LogP) is 5.89. The fourth-order valence-electron chi connectivity index (χ4n) is 3.31. The molecule has 1 aliphatic carbocycles. The molecular weight excluding hydrogens is 342 g/mol. The zero-order chi connectivity index (χ0) is 14.7. The summed E-state index contributed by atoms with van der Waals surface area (Å²) in [5.41, 5.74) is 1.52. The highest BCUT2D eigenvalue weighted by molar-refractivity contribution is 9.10. The van der Waals surface area contributed by atoms with E-state index in [2.05, 4.69) is 69.9 Å². The van der Waals surface area contributed by atoms with E-state index in [4.69, 9.17) is 0 Å². The van der Waals surface area contributed by atoms with Crippen LogP contribution in [0.3, 0.4) is 0 Å². The molecule has 1 aliphatic rings. The lowest BCUT2D eigenvalue weighted by Gasteiger charge is -2.31. The summed E-state index contributed by atoms with van der Waals surface area (Å²) in [6.45, 7) is 2.28. The summed E-state index contributed by atoms with van der Waals surface area (Å²) in [6.07, 6.45) is 5.19. The summed E-state index contributed by atoms with van der Waals surface area (Å²) in [7, 11) is 0. The van der Waals surface area contributed by atoms with Gasteiger partial charge in [-0.2, -0.15) is 0 Å². The molecule has 1 fully saturated rings. The van der Waals surface area contributed by atoms with Crippen LogP contribution in [0.5, 0.6) is 0 Å². The second-order valence-electron chi connectivity index (χ2n) is 6.01. The molecular formula is C18H22BrNS. The molecule has 0 amide bonds. The first-order valence-corrected chi connectivity index (χ1v) is 9.44. The summed E-state index contributed by atoms with van der Waals surface area (Å²) in [5.74, 6) is 0.760. The first kappa shape index (κ1) is 15.3. The third-order valence-corrected chi connectivity index (χ3v) is 6.37. The van der Waals surface area contributed by atoms with Gasteiger partial charge in [0, 0.05) is 26.8 Å². The summed E-state index contributed by atoms with van der Waals surface area (Å²) >= 11 is 5.38. The van der Waals surface area contributed by atoms with Gasteiger partial charge in [-0.1, -0.05) is 30.3 Å². The monoisotopic (exact) mass is 363 g/mol. The Kier molecular flexibility index (Phi) is 5.15. The molecule has 0 saturated heterocycles. The molecule has 1 aromatic carbocycles. The molecule has 21 heavy (non-hydrogen) atoms. The predicted molar refractivity (Wildman–Crippen MR) is 95.0 cm³/mol. The van der Waals surface area contributed by atoms with Crippen LogP contribution in [0.15, 0.2) is 46.3 Å². The lowest BCUT2D eigenvalue weighted by Crippen LogP contribution is -2.34. The molecule has 1 saturated carbocycles. The van der Waals surface area contributed by atoms with Gasteiger partial charge in [0.2, 0.25) is 0 Å². The van der Waals surface area contributed by atoms with Gasteiger partial charge in [0.05, 0.1) is 0 Å². The Bertz CT molecular complexity index is 558. The van der Waals surface area contributed by atoms with E-state index in [0.29, 0.717) is 12.1 Å². The summed E-state index contributed by atoms with van der Waals surface area (Å²) < 4.78 is 1.20. The average molecular weight is 364 g/mol. The highest BCUT2D eigenvalue weighted by Gasteiger charge is 2.23. The molecule has 2 aromatic rings. The molecule has 0 aliphatic heterocycles. The number of benzene rings is 1. The van der Waals surface area contributed by atoms with Crippen molar-refractivity contribution < 1.29 is 0 Å². The Hall–Kier alpha value is -0.640. The molecule has 3 heteroatoms. The number of halogens is 1. The van der Waals surface area contributed by atoms with Crippen LogP contribution in [-0.2, 0) is 0 Å². The van der Waals surface area contributed by atoms with E-state index < -0.39 is 0 Å². The standard InChI is InChI=1S/C18H22BrNS/c1-13(18-11-16(19)12-21-18)20-17-9-7-15(8-10-17)14-5-3-2-4-6-14/h2-6,11-13,15,17,20H,7-10H2,1H3. The van der Waals surface area contributed by atoms with Crippen LogP contribution in [0.1, 0.15) is 55.0 Å². The SMILES string of the molecule is CC(NC1CCC(c2ccccc2)CC1)c1cc(Br)cs1. The zero-order valence-corrected chi connectivity index (χ0v) is 14.8. The molecule has 1 nitrogen and oxygen atoms in total. The van der Waals surface area contributed by atoms with E-state index in [1.165, 1.54) is 40.6 Å². The topological polar surface area (TPSA) is 12.0 Å². The second kappa shape index (κ2) is 7.08. The van der Waals surface area contributed by atoms with Crippen molar-refractivity contribution in [2.24, 2.45) is 0 Å². The molecule has 1 heterocycles. The summed E-state index contributed by atoms with van der Waals surface area (Å²) in [4.78, 5) is 1.42. The van der Waals surface area contributed by atoms with Crippen LogP contribution in [0, 0.1) is 0 Å². The van der Waals surface area contributed by atoms with Gasteiger partial charge < -0.3 is 5.32 Å². The van der Waals surface area contributed by atoms with Crippen molar-refractivity contribution in [1.82, 2.24) is 5.32 Å². The van der Waals surface area contributed by atoms with Gasteiger partial charge in [0.25, 0.3) is 0 Å². The zero-order valence-electron chi connectivity index (χ0n) is 12.4. The molecule has 1 aromatic heterocycles. The molecule has 1 N–H and O–H groups in total. The van der Waals surface area contributed by atoms with Gasteiger partial charge in [0.15, 0.2) is 0 Å². The van der Waals surface area contributed by atoms with Crippen LogP contribution in [0.25, 0.3) is 0 Å². The van der Waals surface area contributed by atoms with Crippen molar-refractivity contribution in [3.05, 3.63) is 56.7 Å². The third-order valence-electron chi connectivity index (χ3n) is 4.50. The van der Waals surface area contributed by atoms with Gasteiger partial charge in [0.1, 0.15) is 0 Å². The van der Waals surface area contributed by atoms with Crippen molar-refractivity contribution in [2.75, 3.05) is 0 Å². The number of nitrogens with one attached hydrogen (secondary N) is 1. The minimum atomic E-state index is 0.458. The average Bonchev–Trinajstić information content (AvgIpc) is 2.96. The Morgan fingerprint density at radius 1 is 1.14 bits per heavy atom.